The minimum atomic E-state index is -2.30. The zero-order valence-electron chi connectivity index (χ0n) is 11.6. The Bertz CT molecular complexity index is 676. The van der Waals surface area contributed by atoms with Gasteiger partial charge in [-0.3, -0.25) is 9.27 Å². The summed E-state index contributed by atoms with van der Waals surface area (Å²) in [5.41, 5.74) is 1.33. The Morgan fingerprint density at radius 3 is 2.55 bits per heavy atom. The number of benzene rings is 2. The van der Waals surface area contributed by atoms with Gasteiger partial charge < -0.3 is 5.11 Å². The summed E-state index contributed by atoms with van der Waals surface area (Å²) in [7, 11) is 0. The molecule has 1 unspecified atom stereocenters. The van der Waals surface area contributed by atoms with Crippen LogP contribution in [0.3, 0.4) is 0 Å². The van der Waals surface area contributed by atoms with Crippen LogP contribution in [-0.4, -0.2) is 25.6 Å². The number of carbonyl (C=O) groups is 1. The summed E-state index contributed by atoms with van der Waals surface area (Å²) in [6.07, 6.45) is 0.884. The molecule has 0 radical (unpaired) electrons. The highest BCUT2D eigenvalue weighted by atomic mass is 32.2. The Balaban J connectivity index is 2.04. The highest BCUT2D eigenvalue weighted by Gasteiger charge is 2.12. The second-order valence-corrected chi connectivity index (χ2v) is 6.32. The predicted octanol–water partition coefficient (Wildman–Crippen LogP) is 3.27. The number of nitrogens with one attached hydrogen (secondary N) is 1. The van der Waals surface area contributed by atoms with Crippen LogP contribution in [0, 0.1) is 0 Å². The molecule has 0 aromatic heterocycles. The van der Waals surface area contributed by atoms with Crippen molar-refractivity contribution in [3.63, 3.8) is 0 Å². The number of hydrogen-bond acceptors (Lipinski definition) is 3. The number of thioether (sulfide) groups is 1. The molecular weight excluding hydrogens is 322 g/mol. The highest BCUT2D eigenvalue weighted by Crippen LogP contribution is 2.25. The molecule has 2 rings (SSSR count). The summed E-state index contributed by atoms with van der Waals surface area (Å²) >= 11 is -0.755. The van der Waals surface area contributed by atoms with E-state index >= 15 is 0 Å². The molecule has 1 atom stereocenters. The van der Waals surface area contributed by atoms with Gasteiger partial charge in [-0.1, -0.05) is 30.3 Å². The average molecular weight is 337 g/mol. The van der Waals surface area contributed by atoms with E-state index in [9.17, 15) is 14.1 Å². The minimum Gasteiger partial charge on any atom is -0.478 e. The van der Waals surface area contributed by atoms with E-state index in [4.69, 9.17) is 4.55 Å². The topological polar surface area (TPSA) is 86.6 Å². The lowest BCUT2D eigenvalue weighted by Crippen LogP contribution is -2.08. The van der Waals surface area contributed by atoms with E-state index < -0.39 is 17.2 Å². The minimum absolute atomic E-state index is 0.0212. The molecule has 2 aromatic rings. The average Bonchev–Trinajstić information content (AvgIpc) is 2.49. The van der Waals surface area contributed by atoms with E-state index in [1.807, 2.05) is 30.3 Å². The fourth-order valence-corrected chi connectivity index (χ4v) is 3.21. The van der Waals surface area contributed by atoms with Crippen molar-refractivity contribution >= 4 is 34.7 Å². The summed E-state index contributed by atoms with van der Waals surface area (Å²) in [6, 6.07) is 14.8. The van der Waals surface area contributed by atoms with Crippen LogP contribution in [0.4, 0.5) is 5.69 Å². The van der Waals surface area contributed by atoms with Crippen molar-refractivity contribution in [2.24, 2.45) is 0 Å². The Labute approximate surface area is 135 Å². The van der Waals surface area contributed by atoms with Crippen LogP contribution in [0.1, 0.15) is 15.9 Å². The molecule has 0 spiro atoms. The fourth-order valence-electron chi connectivity index (χ4n) is 1.90. The standard InChI is InChI=1S/C15H15NO4S2/c17-15(18)13-10-12(6-7-14(13)16-22(19)20)21-9-8-11-4-2-1-3-5-11/h1-7,10,16H,8-9H2,(H,17,18)(H,19,20). The van der Waals surface area contributed by atoms with Gasteiger partial charge in [0, 0.05) is 10.6 Å². The maximum absolute atomic E-state index is 11.2. The molecule has 7 heteroatoms. The van der Waals surface area contributed by atoms with Crippen LogP contribution < -0.4 is 4.72 Å². The molecule has 5 nitrogen and oxygen atoms in total. The van der Waals surface area contributed by atoms with Crippen molar-refractivity contribution < 1.29 is 18.7 Å². The van der Waals surface area contributed by atoms with Crippen LogP contribution in [-0.2, 0) is 17.7 Å². The molecule has 0 saturated heterocycles. The maximum Gasteiger partial charge on any atom is 0.337 e. The van der Waals surface area contributed by atoms with E-state index in [2.05, 4.69) is 4.72 Å². The van der Waals surface area contributed by atoms with Gasteiger partial charge >= 0.3 is 5.97 Å². The Hall–Kier alpha value is -1.83. The van der Waals surface area contributed by atoms with Gasteiger partial charge in [0.25, 0.3) is 11.3 Å². The molecule has 0 heterocycles. The second kappa shape index (κ2) is 7.98. The first-order valence-electron chi connectivity index (χ1n) is 6.48. The first-order chi connectivity index (χ1) is 10.6. The largest absolute Gasteiger partial charge is 0.478 e. The van der Waals surface area contributed by atoms with Crippen LogP contribution in [0.15, 0.2) is 53.4 Å². The number of aromatic carboxylic acids is 1. The SMILES string of the molecule is O=C(O)c1cc(SCCc2ccccc2)ccc1NS(=O)O. The van der Waals surface area contributed by atoms with Gasteiger partial charge in [-0.15, -0.1) is 11.8 Å². The molecule has 0 amide bonds. The number of rotatable bonds is 7. The lowest BCUT2D eigenvalue weighted by atomic mass is 10.2. The van der Waals surface area contributed by atoms with Crippen LogP contribution in [0.25, 0.3) is 0 Å². The summed E-state index contributed by atoms with van der Waals surface area (Å²) < 4.78 is 21.8. The number of aryl methyl sites for hydroxylation is 1. The van der Waals surface area contributed by atoms with E-state index in [0.29, 0.717) is 0 Å². The van der Waals surface area contributed by atoms with Crippen LogP contribution in [0.2, 0.25) is 0 Å². The van der Waals surface area contributed by atoms with Crippen LogP contribution in [0.5, 0.6) is 0 Å². The van der Waals surface area contributed by atoms with Crippen molar-refractivity contribution in [1.29, 1.82) is 0 Å². The Morgan fingerprint density at radius 1 is 1.18 bits per heavy atom. The fraction of sp³-hybridized carbons (Fsp3) is 0.133. The lowest BCUT2D eigenvalue weighted by molar-refractivity contribution is 0.0698. The van der Waals surface area contributed by atoms with Gasteiger partial charge in [0.05, 0.1) is 11.3 Å². The van der Waals surface area contributed by atoms with E-state index in [0.717, 1.165) is 17.1 Å². The molecule has 0 saturated carbocycles. The molecule has 0 fully saturated rings. The predicted molar refractivity (Wildman–Crippen MR) is 88.7 cm³/mol. The van der Waals surface area contributed by atoms with Gasteiger partial charge in [-0.2, -0.15) is 0 Å². The second-order valence-electron chi connectivity index (χ2n) is 4.45. The molecule has 3 N–H and O–H groups in total. The van der Waals surface area contributed by atoms with Crippen molar-refractivity contribution in [3.05, 3.63) is 59.7 Å². The van der Waals surface area contributed by atoms with Crippen molar-refractivity contribution in [1.82, 2.24) is 0 Å². The van der Waals surface area contributed by atoms with Crippen molar-refractivity contribution in [3.8, 4) is 0 Å². The molecule has 0 aliphatic heterocycles. The number of anilines is 1. The summed E-state index contributed by atoms with van der Waals surface area (Å²) in [5, 5.41) is 9.18. The van der Waals surface area contributed by atoms with Gasteiger partial charge in [0.15, 0.2) is 0 Å². The van der Waals surface area contributed by atoms with Crippen LogP contribution >= 0.6 is 11.8 Å². The third-order valence-corrected chi connectivity index (χ3v) is 4.31. The summed E-state index contributed by atoms with van der Waals surface area (Å²) in [5.74, 6) is -0.319. The lowest BCUT2D eigenvalue weighted by Gasteiger charge is -2.08. The third kappa shape index (κ3) is 4.87. The number of hydrogen-bond donors (Lipinski definition) is 3. The van der Waals surface area contributed by atoms with Crippen molar-refractivity contribution in [2.45, 2.75) is 11.3 Å². The molecular formula is C15H15NO4S2. The number of carboxylic acids is 1. The number of carboxylic acid groups (broad SMARTS) is 1. The van der Waals surface area contributed by atoms with E-state index in [1.165, 1.54) is 17.7 Å². The quantitative estimate of drug-likeness (QED) is 0.533. The maximum atomic E-state index is 11.2. The van der Waals surface area contributed by atoms with Gasteiger partial charge in [0.1, 0.15) is 0 Å². The zero-order chi connectivity index (χ0) is 15.9. The molecule has 116 valence electrons. The Kier molecular flexibility index (Phi) is 6.00. The van der Waals surface area contributed by atoms with E-state index in [1.54, 1.807) is 17.8 Å². The smallest absolute Gasteiger partial charge is 0.337 e. The monoisotopic (exact) mass is 337 g/mol. The molecule has 2 aromatic carbocycles. The highest BCUT2D eigenvalue weighted by molar-refractivity contribution is 7.99. The normalized spacial score (nSPS) is 11.9. The first kappa shape index (κ1) is 16.5. The summed E-state index contributed by atoms with van der Waals surface area (Å²) in [6.45, 7) is 0. The first-order valence-corrected chi connectivity index (χ1v) is 8.57. The molecule has 0 aliphatic carbocycles. The zero-order valence-corrected chi connectivity index (χ0v) is 13.2. The van der Waals surface area contributed by atoms with Gasteiger partial charge in [-0.05, 0) is 30.2 Å². The third-order valence-electron chi connectivity index (χ3n) is 2.92. The van der Waals surface area contributed by atoms with Crippen molar-refractivity contribution in [2.75, 3.05) is 10.5 Å². The Morgan fingerprint density at radius 2 is 1.91 bits per heavy atom. The van der Waals surface area contributed by atoms with Gasteiger partial charge in [-0.25, -0.2) is 9.00 Å². The molecule has 0 bridgehead atoms. The van der Waals surface area contributed by atoms with Gasteiger partial charge in [0.2, 0.25) is 0 Å². The molecule has 22 heavy (non-hydrogen) atoms. The van der Waals surface area contributed by atoms with E-state index in [-0.39, 0.29) is 11.3 Å². The molecule has 0 aliphatic rings. The summed E-state index contributed by atoms with van der Waals surface area (Å²) in [4.78, 5) is 12.0.